The molecule has 3 rings (SSSR count). The first-order valence-corrected chi connectivity index (χ1v) is 6.93. The van der Waals surface area contributed by atoms with Crippen molar-refractivity contribution in [1.29, 1.82) is 0 Å². The Bertz CT molecular complexity index is 723. The van der Waals surface area contributed by atoms with Crippen LogP contribution in [0.15, 0.2) is 72.8 Å². The smallest absolute Gasteiger partial charge is 0.132 e. The van der Waals surface area contributed by atoms with E-state index in [1.54, 1.807) is 0 Å². The van der Waals surface area contributed by atoms with Gasteiger partial charge < -0.3 is 10.6 Å². The molecule has 21 heavy (non-hydrogen) atoms. The Balaban J connectivity index is 1.96. The number of hydrogen-bond acceptors (Lipinski definition) is 3. The maximum Gasteiger partial charge on any atom is 0.132 e. The molecule has 2 N–H and O–H groups in total. The predicted octanol–water partition coefficient (Wildman–Crippen LogP) is 4.53. The number of nitrogens with zero attached hydrogens (tertiary/aromatic N) is 1. The van der Waals surface area contributed by atoms with Gasteiger partial charge in [0.25, 0.3) is 0 Å². The van der Waals surface area contributed by atoms with Crippen molar-refractivity contribution in [3.8, 4) is 11.1 Å². The SMILES string of the molecule is CNc1cccc(Nc2ccccc2-c2ccccc2)n1. The Hall–Kier alpha value is -2.81. The summed E-state index contributed by atoms with van der Waals surface area (Å²) in [6, 6.07) is 24.5. The van der Waals surface area contributed by atoms with E-state index in [4.69, 9.17) is 0 Å². The highest BCUT2D eigenvalue weighted by atomic mass is 15.1. The molecular weight excluding hydrogens is 258 g/mol. The molecule has 3 aromatic rings. The molecule has 104 valence electrons. The molecule has 0 amide bonds. The Labute approximate surface area is 124 Å². The van der Waals surface area contributed by atoms with E-state index in [0.717, 1.165) is 22.9 Å². The molecule has 1 heterocycles. The minimum absolute atomic E-state index is 0.824. The summed E-state index contributed by atoms with van der Waals surface area (Å²) >= 11 is 0. The Morgan fingerprint density at radius 3 is 2.24 bits per heavy atom. The monoisotopic (exact) mass is 275 g/mol. The molecule has 0 aliphatic rings. The van der Waals surface area contributed by atoms with Crippen molar-refractivity contribution in [3.63, 3.8) is 0 Å². The fraction of sp³-hybridized carbons (Fsp3) is 0.0556. The summed E-state index contributed by atoms with van der Waals surface area (Å²) in [5.41, 5.74) is 3.39. The highest BCUT2D eigenvalue weighted by molar-refractivity contribution is 5.80. The van der Waals surface area contributed by atoms with Gasteiger partial charge in [-0.1, -0.05) is 54.6 Å². The van der Waals surface area contributed by atoms with Gasteiger partial charge in [0.05, 0.1) is 0 Å². The van der Waals surface area contributed by atoms with Crippen LogP contribution in [0.1, 0.15) is 0 Å². The number of pyridine rings is 1. The quantitative estimate of drug-likeness (QED) is 0.734. The van der Waals surface area contributed by atoms with E-state index in [1.807, 2.05) is 55.6 Å². The lowest BCUT2D eigenvalue weighted by molar-refractivity contribution is 1.28. The van der Waals surface area contributed by atoms with Crippen LogP contribution in [0.2, 0.25) is 0 Å². The van der Waals surface area contributed by atoms with Crippen molar-refractivity contribution >= 4 is 17.3 Å². The molecule has 0 fully saturated rings. The Morgan fingerprint density at radius 2 is 1.43 bits per heavy atom. The summed E-state index contributed by atoms with van der Waals surface area (Å²) < 4.78 is 0. The molecule has 0 atom stereocenters. The van der Waals surface area contributed by atoms with Gasteiger partial charge >= 0.3 is 0 Å². The third-order valence-electron chi connectivity index (χ3n) is 3.28. The fourth-order valence-corrected chi connectivity index (χ4v) is 2.24. The van der Waals surface area contributed by atoms with Crippen LogP contribution in [0, 0.1) is 0 Å². The molecule has 0 radical (unpaired) electrons. The molecule has 0 aliphatic heterocycles. The highest BCUT2D eigenvalue weighted by Gasteiger charge is 2.05. The zero-order valence-electron chi connectivity index (χ0n) is 11.9. The molecule has 0 saturated heterocycles. The van der Waals surface area contributed by atoms with Crippen molar-refractivity contribution in [1.82, 2.24) is 4.98 Å². The second-order valence-electron chi connectivity index (χ2n) is 4.69. The molecule has 0 bridgehead atoms. The van der Waals surface area contributed by atoms with Gasteiger partial charge in [0.2, 0.25) is 0 Å². The number of anilines is 3. The van der Waals surface area contributed by atoms with Crippen molar-refractivity contribution in [2.24, 2.45) is 0 Å². The van der Waals surface area contributed by atoms with Gasteiger partial charge in [-0.15, -0.1) is 0 Å². The minimum Gasteiger partial charge on any atom is -0.373 e. The van der Waals surface area contributed by atoms with Gasteiger partial charge in [-0.05, 0) is 23.8 Å². The van der Waals surface area contributed by atoms with Crippen molar-refractivity contribution in [3.05, 3.63) is 72.8 Å². The first kappa shape index (κ1) is 13.2. The van der Waals surface area contributed by atoms with Crippen LogP contribution in [0.25, 0.3) is 11.1 Å². The van der Waals surface area contributed by atoms with Gasteiger partial charge in [-0.25, -0.2) is 4.98 Å². The fourth-order valence-electron chi connectivity index (χ4n) is 2.24. The molecule has 2 aromatic carbocycles. The molecule has 0 saturated carbocycles. The van der Waals surface area contributed by atoms with Crippen LogP contribution in [-0.2, 0) is 0 Å². The second kappa shape index (κ2) is 6.09. The summed E-state index contributed by atoms with van der Waals surface area (Å²) in [5, 5.41) is 6.44. The summed E-state index contributed by atoms with van der Waals surface area (Å²) in [6.45, 7) is 0. The lowest BCUT2D eigenvalue weighted by Crippen LogP contribution is -1.98. The number of aromatic nitrogens is 1. The van der Waals surface area contributed by atoms with Crippen LogP contribution in [0.4, 0.5) is 17.3 Å². The molecule has 3 heteroatoms. The van der Waals surface area contributed by atoms with E-state index in [0.29, 0.717) is 0 Å². The largest absolute Gasteiger partial charge is 0.373 e. The van der Waals surface area contributed by atoms with Gasteiger partial charge in [0.1, 0.15) is 11.6 Å². The normalized spacial score (nSPS) is 10.1. The number of benzene rings is 2. The Kier molecular flexibility index (Phi) is 3.83. The van der Waals surface area contributed by atoms with Gasteiger partial charge in [-0.2, -0.15) is 0 Å². The van der Waals surface area contributed by atoms with Crippen molar-refractivity contribution in [2.45, 2.75) is 0 Å². The van der Waals surface area contributed by atoms with E-state index in [9.17, 15) is 0 Å². The average molecular weight is 275 g/mol. The maximum absolute atomic E-state index is 4.50. The van der Waals surface area contributed by atoms with Gasteiger partial charge in [0, 0.05) is 18.3 Å². The first-order valence-electron chi connectivity index (χ1n) is 6.93. The Morgan fingerprint density at radius 1 is 0.714 bits per heavy atom. The molecule has 0 spiro atoms. The standard InChI is InChI=1S/C18H17N3/c1-19-17-12-7-13-18(21-17)20-16-11-6-5-10-15(16)14-8-3-2-4-9-14/h2-13H,1H3,(H2,19,20,21). The highest BCUT2D eigenvalue weighted by Crippen LogP contribution is 2.29. The van der Waals surface area contributed by atoms with Crippen LogP contribution < -0.4 is 10.6 Å². The van der Waals surface area contributed by atoms with Gasteiger partial charge in [-0.3, -0.25) is 0 Å². The van der Waals surface area contributed by atoms with E-state index in [2.05, 4.69) is 39.9 Å². The average Bonchev–Trinajstić information content (AvgIpc) is 2.56. The summed E-state index contributed by atoms with van der Waals surface area (Å²) in [7, 11) is 1.87. The number of para-hydroxylation sites is 1. The van der Waals surface area contributed by atoms with Crippen LogP contribution in [0.3, 0.4) is 0 Å². The molecular formula is C18H17N3. The molecule has 3 nitrogen and oxygen atoms in total. The first-order chi connectivity index (χ1) is 10.4. The maximum atomic E-state index is 4.50. The van der Waals surface area contributed by atoms with E-state index >= 15 is 0 Å². The lowest BCUT2D eigenvalue weighted by atomic mass is 10.0. The molecule has 1 aromatic heterocycles. The number of nitrogens with one attached hydrogen (secondary N) is 2. The lowest BCUT2D eigenvalue weighted by Gasteiger charge is -2.12. The minimum atomic E-state index is 0.824. The molecule has 0 unspecified atom stereocenters. The summed E-state index contributed by atoms with van der Waals surface area (Å²) in [4.78, 5) is 4.50. The van der Waals surface area contributed by atoms with Crippen LogP contribution in [-0.4, -0.2) is 12.0 Å². The van der Waals surface area contributed by atoms with Crippen LogP contribution in [0.5, 0.6) is 0 Å². The summed E-state index contributed by atoms with van der Waals surface area (Å²) in [5.74, 6) is 1.67. The van der Waals surface area contributed by atoms with Crippen molar-refractivity contribution in [2.75, 3.05) is 17.7 Å². The zero-order valence-corrected chi connectivity index (χ0v) is 11.9. The number of hydrogen-bond donors (Lipinski definition) is 2. The third-order valence-corrected chi connectivity index (χ3v) is 3.28. The summed E-state index contributed by atoms with van der Waals surface area (Å²) in [6.07, 6.45) is 0. The topological polar surface area (TPSA) is 37.0 Å². The van der Waals surface area contributed by atoms with E-state index in [1.165, 1.54) is 5.56 Å². The predicted molar refractivity (Wildman–Crippen MR) is 88.9 cm³/mol. The second-order valence-corrected chi connectivity index (χ2v) is 4.69. The van der Waals surface area contributed by atoms with E-state index < -0.39 is 0 Å². The number of rotatable bonds is 4. The zero-order chi connectivity index (χ0) is 14.5. The van der Waals surface area contributed by atoms with Gasteiger partial charge in [0.15, 0.2) is 0 Å². The third kappa shape index (κ3) is 3.03. The van der Waals surface area contributed by atoms with Crippen molar-refractivity contribution < 1.29 is 0 Å². The van der Waals surface area contributed by atoms with Crippen LogP contribution >= 0.6 is 0 Å². The molecule has 0 aliphatic carbocycles. The van der Waals surface area contributed by atoms with E-state index in [-0.39, 0.29) is 0 Å².